The van der Waals surface area contributed by atoms with Gasteiger partial charge in [0.25, 0.3) is 0 Å². The summed E-state index contributed by atoms with van der Waals surface area (Å²) in [6.45, 7) is 2.99. The third-order valence-corrected chi connectivity index (χ3v) is 4.62. The van der Waals surface area contributed by atoms with Crippen molar-refractivity contribution in [3.05, 3.63) is 59.8 Å². The molecule has 0 fully saturated rings. The fourth-order valence-electron chi connectivity index (χ4n) is 3.26. The van der Waals surface area contributed by atoms with Crippen molar-refractivity contribution in [1.82, 2.24) is 9.88 Å². The number of nitrogens with one attached hydrogen (secondary N) is 1. The number of para-hydroxylation sites is 1. The number of aromatic nitrogens is 1. The van der Waals surface area contributed by atoms with E-state index in [9.17, 15) is 4.79 Å². The molecule has 0 saturated carbocycles. The molecule has 0 radical (unpaired) electrons. The van der Waals surface area contributed by atoms with E-state index in [2.05, 4.69) is 28.2 Å². The molecule has 27 heavy (non-hydrogen) atoms. The SMILES string of the molecule is CCOc1ccc(CNC(=O)CCc2cn(C)c3ccccc23)cc1OC. The van der Waals surface area contributed by atoms with Crippen LogP contribution < -0.4 is 14.8 Å². The summed E-state index contributed by atoms with van der Waals surface area (Å²) >= 11 is 0. The smallest absolute Gasteiger partial charge is 0.220 e. The molecule has 0 aliphatic rings. The van der Waals surface area contributed by atoms with Crippen molar-refractivity contribution in [3.8, 4) is 11.5 Å². The topological polar surface area (TPSA) is 52.5 Å². The van der Waals surface area contributed by atoms with Gasteiger partial charge in [0, 0.05) is 37.1 Å². The van der Waals surface area contributed by atoms with Crippen LogP contribution in [0.1, 0.15) is 24.5 Å². The van der Waals surface area contributed by atoms with E-state index in [-0.39, 0.29) is 5.91 Å². The van der Waals surface area contributed by atoms with E-state index >= 15 is 0 Å². The number of rotatable bonds is 8. The zero-order valence-corrected chi connectivity index (χ0v) is 16.1. The number of carbonyl (C=O) groups excluding carboxylic acids is 1. The Labute approximate surface area is 159 Å². The second-order valence-electron chi connectivity index (χ2n) is 6.48. The lowest BCUT2D eigenvalue weighted by Crippen LogP contribution is -2.23. The Hall–Kier alpha value is -2.95. The number of methoxy groups -OCH3 is 1. The molecular formula is C22H26N2O3. The second kappa shape index (κ2) is 8.62. The molecule has 2 aromatic carbocycles. The first-order valence-electron chi connectivity index (χ1n) is 9.21. The molecule has 0 saturated heterocycles. The standard InChI is InChI=1S/C22H26N2O3/c1-4-27-20-11-9-16(13-21(20)26-3)14-23-22(25)12-10-17-15-24(2)19-8-6-5-7-18(17)19/h5-9,11,13,15H,4,10,12,14H2,1-3H3,(H,23,25). The minimum absolute atomic E-state index is 0.0378. The summed E-state index contributed by atoms with van der Waals surface area (Å²) in [7, 11) is 3.65. The maximum absolute atomic E-state index is 12.3. The van der Waals surface area contributed by atoms with E-state index in [0.717, 1.165) is 12.0 Å². The largest absolute Gasteiger partial charge is 0.493 e. The van der Waals surface area contributed by atoms with Gasteiger partial charge < -0.3 is 19.4 Å². The van der Waals surface area contributed by atoms with Gasteiger partial charge in [0.15, 0.2) is 11.5 Å². The highest BCUT2D eigenvalue weighted by molar-refractivity contribution is 5.84. The predicted molar refractivity (Wildman–Crippen MR) is 107 cm³/mol. The third-order valence-electron chi connectivity index (χ3n) is 4.62. The maximum atomic E-state index is 12.3. The van der Waals surface area contributed by atoms with Crippen molar-refractivity contribution < 1.29 is 14.3 Å². The van der Waals surface area contributed by atoms with Crippen LogP contribution in [0.3, 0.4) is 0 Å². The van der Waals surface area contributed by atoms with E-state index in [0.29, 0.717) is 31.1 Å². The fourth-order valence-corrected chi connectivity index (χ4v) is 3.26. The van der Waals surface area contributed by atoms with E-state index in [1.807, 2.05) is 44.3 Å². The number of aryl methyl sites for hydroxylation is 2. The average molecular weight is 366 g/mol. The molecule has 3 rings (SSSR count). The van der Waals surface area contributed by atoms with Crippen molar-refractivity contribution in [1.29, 1.82) is 0 Å². The van der Waals surface area contributed by atoms with Gasteiger partial charge in [-0.25, -0.2) is 0 Å². The molecule has 0 atom stereocenters. The summed E-state index contributed by atoms with van der Waals surface area (Å²) in [6, 6.07) is 14.0. The van der Waals surface area contributed by atoms with Crippen LogP contribution in [0.5, 0.6) is 11.5 Å². The van der Waals surface area contributed by atoms with E-state index < -0.39 is 0 Å². The Morgan fingerprint density at radius 3 is 2.74 bits per heavy atom. The fraction of sp³-hybridized carbons (Fsp3) is 0.318. The quantitative estimate of drug-likeness (QED) is 0.659. The number of hydrogen-bond acceptors (Lipinski definition) is 3. The summed E-state index contributed by atoms with van der Waals surface area (Å²) in [4.78, 5) is 12.3. The second-order valence-corrected chi connectivity index (χ2v) is 6.48. The number of hydrogen-bond donors (Lipinski definition) is 1. The number of fused-ring (bicyclic) bond motifs is 1. The van der Waals surface area contributed by atoms with Gasteiger partial charge in [-0.15, -0.1) is 0 Å². The Balaban J connectivity index is 1.57. The van der Waals surface area contributed by atoms with Gasteiger partial charge in [-0.3, -0.25) is 4.79 Å². The third kappa shape index (κ3) is 4.42. The molecule has 1 N–H and O–H groups in total. The number of ether oxygens (including phenoxy) is 2. The molecule has 1 aromatic heterocycles. The van der Waals surface area contributed by atoms with Gasteiger partial charge in [-0.2, -0.15) is 0 Å². The normalized spacial score (nSPS) is 10.8. The average Bonchev–Trinajstić information content (AvgIpc) is 3.02. The molecule has 0 aliphatic carbocycles. The number of nitrogens with zero attached hydrogens (tertiary/aromatic N) is 1. The van der Waals surface area contributed by atoms with Gasteiger partial charge in [0.2, 0.25) is 5.91 Å². The Bertz CT molecular complexity index is 930. The monoisotopic (exact) mass is 366 g/mol. The summed E-state index contributed by atoms with van der Waals surface area (Å²) < 4.78 is 13.0. The van der Waals surface area contributed by atoms with Gasteiger partial charge in [0.05, 0.1) is 13.7 Å². The van der Waals surface area contributed by atoms with E-state index in [4.69, 9.17) is 9.47 Å². The number of benzene rings is 2. The zero-order valence-electron chi connectivity index (χ0n) is 16.1. The van der Waals surface area contributed by atoms with Crippen molar-refractivity contribution in [3.63, 3.8) is 0 Å². The lowest BCUT2D eigenvalue weighted by Gasteiger charge is -2.11. The minimum atomic E-state index is 0.0378. The van der Waals surface area contributed by atoms with Crippen molar-refractivity contribution in [2.75, 3.05) is 13.7 Å². The van der Waals surface area contributed by atoms with E-state index in [1.54, 1.807) is 7.11 Å². The lowest BCUT2D eigenvalue weighted by molar-refractivity contribution is -0.121. The first-order valence-corrected chi connectivity index (χ1v) is 9.21. The molecule has 1 heterocycles. The highest BCUT2D eigenvalue weighted by Gasteiger charge is 2.10. The van der Waals surface area contributed by atoms with Gasteiger partial charge in [-0.1, -0.05) is 24.3 Å². The molecule has 1 amide bonds. The Morgan fingerprint density at radius 1 is 1.15 bits per heavy atom. The minimum Gasteiger partial charge on any atom is -0.493 e. The lowest BCUT2D eigenvalue weighted by atomic mass is 10.1. The molecule has 5 nitrogen and oxygen atoms in total. The zero-order chi connectivity index (χ0) is 19.2. The maximum Gasteiger partial charge on any atom is 0.220 e. The van der Waals surface area contributed by atoms with Crippen LogP contribution in [0.25, 0.3) is 10.9 Å². The summed E-state index contributed by atoms with van der Waals surface area (Å²) in [5, 5.41) is 4.20. The van der Waals surface area contributed by atoms with Gasteiger partial charge in [-0.05, 0) is 42.7 Å². The number of amides is 1. The van der Waals surface area contributed by atoms with Crippen LogP contribution >= 0.6 is 0 Å². The first-order chi connectivity index (χ1) is 13.1. The molecule has 0 bridgehead atoms. The highest BCUT2D eigenvalue weighted by Crippen LogP contribution is 2.28. The van der Waals surface area contributed by atoms with E-state index in [1.165, 1.54) is 16.5 Å². The van der Waals surface area contributed by atoms with Gasteiger partial charge in [0.1, 0.15) is 0 Å². The van der Waals surface area contributed by atoms with Crippen molar-refractivity contribution in [2.24, 2.45) is 7.05 Å². The highest BCUT2D eigenvalue weighted by atomic mass is 16.5. The van der Waals surface area contributed by atoms with Crippen LogP contribution in [-0.4, -0.2) is 24.2 Å². The predicted octanol–water partition coefficient (Wildman–Crippen LogP) is 3.83. The van der Waals surface area contributed by atoms with Crippen LogP contribution in [-0.2, 0) is 24.8 Å². The molecule has 5 heteroatoms. The Kier molecular flexibility index (Phi) is 6.01. The summed E-state index contributed by atoms with van der Waals surface area (Å²) in [5.41, 5.74) is 3.37. The van der Waals surface area contributed by atoms with Gasteiger partial charge >= 0.3 is 0 Å². The molecule has 0 unspecified atom stereocenters. The molecule has 3 aromatic rings. The molecular weight excluding hydrogens is 340 g/mol. The summed E-state index contributed by atoms with van der Waals surface area (Å²) in [6.07, 6.45) is 3.29. The number of carbonyl (C=O) groups is 1. The van der Waals surface area contributed by atoms with Crippen LogP contribution in [0.2, 0.25) is 0 Å². The van der Waals surface area contributed by atoms with Crippen LogP contribution in [0.15, 0.2) is 48.7 Å². The van der Waals surface area contributed by atoms with Crippen molar-refractivity contribution >= 4 is 16.8 Å². The van der Waals surface area contributed by atoms with Crippen LogP contribution in [0, 0.1) is 0 Å². The Morgan fingerprint density at radius 2 is 1.96 bits per heavy atom. The van der Waals surface area contributed by atoms with Crippen molar-refractivity contribution in [2.45, 2.75) is 26.3 Å². The molecule has 0 spiro atoms. The summed E-state index contributed by atoms with van der Waals surface area (Å²) in [5.74, 6) is 1.43. The first kappa shape index (κ1) is 18.8. The van der Waals surface area contributed by atoms with Crippen LogP contribution in [0.4, 0.5) is 0 Å². The molecule has 142 valence electrons. The molecule has 0 aliphatic heterocycles.